The van der Waals surface area contributed by atoms with E-state index in [9.17, 15) is 13.2 Å². The molecule has 0 radical (unpaired) electrons. The lowest BCUT2D eigenvalue weighted by molar-refractivity contribution is -0.145. The van der Waals surface area contributed by atoms with Gasteiger partial charge in [0.2, 0.25) is 0 Å². The van der Waals surface area contributed by atoms with Gasteiger partial charge in [-0.1, -0.05) is 13.8 Å². The number of ether oxygens (including phenoxy) is 1. The van der Waals surface area contributed by atoms with Crippen molar-refractivity contribution in [1.29, 1.82) is 0 Å². The summed E-state index contributed by atoms with van der Waals surface area (Å²) in [5, 5.41) is 0. The molecule has 0 saturated heterocycles. The van der Waals surface area contributed by atoms with Crippen LogP contribution in [0, 0.1) is 46.3 Å². The van der Waals surface area contributed by atoms with E-state index in [0.29, 0.717) is 17.8 Å². The Kier molecular flexibility index (Phi) is 5.60. The fraction of sp³-hybridized carbons (Fsp3) is 1.00. The standard InChI is InChI=1S/C24H39F3O/c1-22-12-10-21-19(20(22)7-5-17(22)9-13-24(25,26)27)6-4-18-14-16(15-28-3)8-11-23(18,21)2/h16-21H,4-15H2,1-3H3/t16-,17?,18+,19-,20?,21?,22+,23-/m0/s1. The van der Waals surface area contributed by atoms with E-state index >= 15 is 0 Å². The smallest absolute Gasteiger partial charge is 0.384 e. The molecule has 3 unspecified atom stereocenters. The molecule has 0 aromatic carbocycles. The van der Waals surface area contributed by atoms with Crippen LogP contribution in [0.5, 0.6) is 0 Å². The van der Waals surface area contributed by atoms with Crippen LogP contribution in [-0.2, 0) is 4.74 Å². The molecule has 0 aromatic rings. The molecular weight excluding hydrogens is 361 g/mol. The van der Waals surface area contributed by atoms with Gasteiger partial charge in [0.25, 0.3) is 0 Å². The van der Waals surface area contributed by atoms with Crippen molar-refractivity contribution in [3.63, 3.8) is 0 Å². The molecule has 0 heterocycles. The Labute approximate surface area is 169 Å². The van der Waals surface area contributed by atoms with Crippen LogP contribution < -0.4 is 0 Å². The van der Waals surface area contributed by atoms with E-state index in [-0.39, 0.29) is 11.3 Å². The van der Waals surface area contributed by atoms with Crippen molar-refractivity contribution in [3.8, 4) is 0 Å². The second-order valence-electron chi connectivity index (χ2n) is 11.2. The molecule has 4 aliphatic rings. The molecule has 4 aliphatic carbocycles. The summed E-state index contributed by atoms with van der Waals surface area (Å²) >= 11 is 0. The predicted octanol–water partition coefficient (Wildman–Crippen LogP) is 7.25. The molecule has 0 bridgehead atoms. The lowest BCUT2D eigenvalue weighted by atomic mass is 9.44. The van der Waals surface area contributed by atoms with Crippen molar-refractivity contribution < 1.29 is 17.9 Å². The number of methoxy groups -OCH3 is 1. The largest absolute Gasteiger partial charge is 0.389 e. The van der Waals surface area contributed by atoms with Crippen LogP contribution in [0.25, 0.3) is 0 Å². The second kappa shape index (κ2) is 7.46. The first-order valence-corrected chi connectivity index (χ1v) is 11.7. The van der Waals surface area contributed by atoms with E-state index in [2.05, 4.69) is 13.8 Å². The molecular formula is C24H39F3O. The SMILES string of the molecule is COC[C@H]1CC[C@]2(C)C3CC[C@]4(C)C(CCC(F)(F)F)CCC4[C@@H]3CC[C@@H]2C1. The first-order chi connectivity index (χ1) is 13.2. The van der Waals surface area contributed by atoms with Gasteiger partial charge in [0, 0.05) is 20.1 Å². The number of hydrogen-bond acceptors (Lipinski definition) is 1. The molecule has 0 N–H and O–H groups in total. The van der Waals surface area contributed by atoms with Crippen molar-refractivity contribution in [3.05, 3.63) is 0 Å². The molecule has 4 fully saturated rings. The topological polar surface area (TPSA) is 9.23 Å². The van der Waals surface area contributed by atoms with Gasteiger partial charge in [-0.3, -0.25) is 0 Å². The Balaban J connectivity index is 1.47. The Morgan fingerprint density at radius 2 is 1.61 bits per heavy atom. The Morgan fingerprint density at radius 3 is 2.32 bits per heavy atom. The number of alkyl halides is 3. The van der Waals surface area contributed by atoms with Crippen molar-refractivity contribution in [2.24, 2.45) is 46.3 Å². The van der Waals surface area contributed by atoms with E-state index in [4.69, 9.17) is 4.74 Å². The summed E-state index contributed by atoms with van der Waals surface area (Å²) < 4.78 is 44.0. The maximum absolute atomic E-state index is 12.8. The Hall–Kier alpha value is -0.250. The van der Waals surface area contributed by atoms with Crippen LogP contribution in [0.4, 0.5) is 13.2 Å². The summed E-state index contributed by atoms with van der Waals surface area (Å²) in [6, 6.07) is 0. The molecule has 0 aromatic heterocycles. The molecule has 4 heteroatoms. The van der Waals surface area contributed by atoms with Crippen LogP contribution in [0.2, 0.25) is 0 Å². The third-order valence-corrected chi connectivity index (χ3v) is 10.1. The summed E-state index contributed by atoms with van der Waals surface area (Å²) in [7, 11) is 1.82. The van der Waals surface area contributed by atoms with E-state index in [1.54, 1.807) is 0 Å². The lowest BCUT2D eigenvalue weighted by Gasteiger charge is -2.61. The predicted molar refractivity (Wildman–Crippen MR) is 106 cm³/mol. The van der Waals surface area contributed by atoms with Crippen LogP contribution in [-0.4, -0.2) is 19.9 Å². The molecule has 1 nitrogen and oxygen atoms in total. The second-order valence-corrected chi connectivity index (χ2v) is 11.2. The lowest BCUT2D eigenvalue weighted by Crippen LogP contribution is -2.53. The van der Waals surface area contributed by atoms with E-state index in [1.807, 2.05) is 7.11 Å². The highest BCUT2D eigenvalue weighted by atomic mass is 19.4. The van der Waals surface area contributed by atoms with Gasteiger partial charge >= 0.3 is 6.18 Å². The number of hydrogen-bond donors (Lipinski definition) is 0. The average molecular weight is 401 g/mol. The number of fused-ring (bicyclic) bond motifs is 5. The highest BCUT2D eigenvalue weighted by molar-refractivity contribution is 5.09. The quantitative estimate of drug-likeness (QED) is 0.483. The fourth-order valence-corrected chi connectivity index (χ4v) is 8.65. The average Bonchev–Trinajstić information content (AvgIpc) is 2.96. The van der Waals surface area contributed by atoms with Crippen LogP contribution in [0.3, 0.4) is 0 Å². The van der Waals surface area contributed by atoms with E-state index in [1.165, 1.54) is 44.9 Å². The fourth-order valence-electron chi connectivity index (χ4n) is 8.65. The maximum atomic E-state index is 12.8. The number of rotatable bonds is 4. The van der Waals surface area contributed by atoms with Gasteiger partial charge in [-0.25, -0.2) is 0 Å². The third kappa shape index (κ3) is 3.54. The van der Waals surface area contributed by atoms with Crippen molar-refractivity contribution >= 4 is 0 Å². The minimum absolute atomic E-state index is 0.156. The minimum Gasteiger partial charge on any atom is -0.384 e. The Bertz CT molecular complexity index is 561. The summed E-state index contributed by atoms with van der Waals surface area (Å²) in [5.41, 5.74) is 0.613. The van der Waals surface area contributed by atoms with Crippen molar-refractivity contribution in [1.82, 2.24) is 0 Å². The molecule has 4 saturated carbocycles. The monoisotopic (exact) mass is 400 g/mol. The first-order valence-electron chi connectivity index (χ1n) is 11.7. The van der Waals surface area contributed by atoms with Gasteiger partial charge in [0.1, 0.15) is 0 Å². The highest BCUT2D eigenvalue weighted by Gasteiger charge is 2.60. The van der Waals surface area contributed by atoms with Gasteiger partial charge in [-0.05, 0) is 111 Å². The zero-order valence-corrected chi connectivity index (χ0v) is 18.0. The van der Waals surface area contributed by atoms with Gasteiger partial charge < -0.3 is 4.74 Å². The molecule has 0 spiro atoms. The van der Waals surface area contributed by atoms with Crippen LogP contribution in [0.15, 0.2) is 0 Å². The van der Waals surface area contributed by atoms with Gasteiger partial charge in [-0.15, -0.1) is 0 Å². The highest BCUT2D eigenvalue weighted by Crippen LogP contribution is 2.68. The summed E-state index contributed by atoms with van der Waals surface area (Å²) in [5.74, 6) is 4.06. The van der Waals surface area contributed by atoms with Gasteiger partial charge in [-0.2, -0.15) is 13.2 Å². The van der Waals surface area contributed by atoms with Crippen molar-refractivity contribution in [2.45, 2.75) is 90.7 Å². The summed E-state index contributed by atoms with van der Waals surface area (Å²) in [6.07, 6.45) is 6.96. The summed E-state index contributed by atoms with van der Waals surface area (Å²) in [6.45, 7) is 5.82. The first kappa shape index (κ1) is 21.0. The zero-order valence-electron chi connectivity index (χ0n) is 18.0. The Morgan fingerprint density at radius 1 is 0.893 bits per heavy atom. The van der Waals surface area contributed by atoms with Gasteiger partial charge in [0.15, 0.2) is 0 Å². The minimum atomic E-state index is -4.00. The normalized spacial score (nSPS) is 48.6. The van der Waals surface area contributed by atoms with Crippen LogP contribution in [0.1, 0.15) is 84.5 Å². The van der Waals surface area contributed by atoms with Crippen molar-refractivity contribution in [2.75, 3.05) is 13.7 Å². The van der Waals surface area contributed by atoms with E-state index in [0.717, 1.165) is 43.1 Å². The summed E-state index contributed by atoms with van der Waals surface area (Å²) in [4.78, 5) is 0. The molecule has 0 aliphatic heterocycles. The molecule has 4 rings (SSSR count). The zero-order chi connectivity index (χ0) is 20.2. The maximum Gasteiger partial charge on any atom is 0.389 e. The molecule has 162 valence electrons. The molecule has 8 atom stereocenters. The van der Waals surface area contributed by atoms with E-state index < -0.39 is 12.6 Å². The van der Waals surface area contributed by atoms with Crippen LogP contribution >= 0.6 is 0 Å². The third-order valence-electron chi connectivity index (χ3n) is 10.1. The molecule has 0 amide bonds. The molecule has 28 heavy (non-hydrogen) atoms. The number of halogens is 3. The van der Waals surface area contributed by atoms with Gasteiger partial charge in [0.05, 0.1) is 0 Å².